The molecule has 0 aromatic heterocycles. The second kappa shape index (κ2) is 7.64. The Labute approximate surface area is 154 Å². The van der Waals surface area contributed by atoms with Crippen LogP contribution in [0.25, 0.3) is 10.8 Å². The van der Waals surface area contributed by atoms with Crippen molar-refractivity contribution in [1.29, 1.82) is 0 Å². The highest BCUT2D eigenvalue weighted by Crippen LogP contribution is 2.31. The van der Waals surface area contributed by atoms with E-state index < -0.39 is 6.10 Å². The van der Waals surface area contributed by atoms with Gasteiger partial charge in [0.15, 0.2) is 0 Å². The number of aliphatic hydroxyl groups excluding tert-OH is 1. The predicted molar refractivity (Wildman–Crippen MR) is 101 cm³/mol. The summed E-state index contributed by atoms with van der Waals surface area (Å²) in [7, 11) is 0. The molecule has 1 atom stereocenters. The van der Waals surface area contributed by atoms with Gasteiger partial charge in [-0.1, -0.05) is 36.4 Å². The molecule has 1 saturated carbocycles. The lowest BCUT2D eigenvalue weighted by Gasteiger charge is -2.35. The van der Waals surface area contributed by atoms with E-state index in [4.69, 9.17) is 4.74 Å². The number of carbonyl (C=O) groups excluding carboxylic acids is 1. The Morgan fingerprint density at radius 3 is 2.58 bits per heavy atom. The Hall–Kier alpha value is -2.11. The van der Waals surface area contributed by atoms with Crippen LogP contribution in [0.1, 0.15) is 12.8 Å². The monoisotopic (exact) mass is 354 g/mol. The van der Waals surface area contributed by atoms with Crippen LogP contribution in [0, 0.1) is 5.92 Å². The fourth-order valence-corrected chi connectivity index (χ4v) is 3.60. The summed E-state index contributed by atoms with van der Waals surface area (Å²) in [5.74, 6) is 1.42. The van der Waals surface area contributed by atoms with E-state index in [9.17, 15) is 9.90 Å². The molecule has 2 aromatic carbocycles. The molecular weight excluding hydrogens is 328 g/mol. The highest BCUT2D eigenvalue weighted by atomic mass is 16.5. The van der Waals surface area contributed by atoms with Gasteiger partial charge in [-0.25, -0.2) is 0 Å². The van der Waals surface area contributed by atoms with E-state index >= 15 is 0 Å². The highest BCUT2D eigenvalue weighted by Gasteiger charge is 2.34. The third kappa shape index (κ3) is 4.00. The van der Waals surface area contributed by atoms with Gasteiger partial charge in [0, 0.05) is 44.0 Å². The van der Waals surface area contributed by atoms with Crippen molar-refractivity contribution in [2.75, 3.05) is 39.3 Å². The SMILES string of the molecule is O=C(C1CC1)N1CCN(C[C@H](O)COc2cccc3ccccc23)CC1. The lowest BCUT2D eigenvalue weighted by molar-refractivity contribution is -0.134. The fraction of sp³-hybridized carbons (Fsp3) is 0.476. The summed E-state index contributed by atoms with van der Waals surface area (Å²) in [6.07, 6.45) is 1.58. The zero-order chi connectivity index (χ0) is 17.9. The second-order valence-corrected chi connectivity index (χ2v) is 7.34. The van der Waals surface area contributed by atoms with Crippen LogP contribution in [0.2, 0.25) is 0 Å². The molecule has 138 valence electrons. The Kier molecular flexibility index (Phi) is 5.09. The number of benzene rings is 2. The molecule has 0 unspecified atom stereocenters. The van der Waals surface area contributed by atoms with Gasteiger partial charge in [-0.3, -0.25) is 9.69 Å². The summed E-state index contributed by atoms with van der Waals surface area (Å²) in [6, 6.07) is 14.1. The van der Waals surface area contributed by atoms with Crippen molar-refractivity contribution in [2.24, 2.45) is 5.92 Å². The van der Waals surface area contributed by atoms with E-state index in [1.165, 1.54) is 0 Å². The molecule has 2 aliphatic rings. The predicted octanol–water partition coefficient (Wildman–Crippen LogP) is 2.13. The molecule has 5 nitrogen and oxygen atoms in total. The van der Waals surface area contributed by atoms with Crippen LogP contribution in [0.3, 0.4) is 0 Å². The first-order valence-electron chi connectivity index (χ1n) is 9.50. The zero-order valence-electron chi connectivity index (χ0n) is 15.0. The minimum atomic E-state index is -0.542. The number of fused-ring (bicyclic) bond motifs is 1. The van der Waals surface area contributed by atoms with E-state index in [1.54, 1.807) is 0 Å². The standard InChI is InChI=1S/C21H26N2O3/c24-18(14-22-10-12-23(13-11-22)21(25)17-8-9-17)15-26-20-7-3-5-16-4-1-2-6-19(16)20/h1-7,17-18,24H,8-15H2/t18-/m0/s1. The Bertz CT molecular complexity index is 761. The van der Waals surface area contributed by atoms with Gasteiger partial charge in [0.1, 0.15) is 18.5 Å². The van der Waals surface area contributed by atoms with Crippen LogP contribution in [0.4, 0.5) is 0 Å². The highest BCUT2D eigenvalue weighted by molar-refractivity contribution is 5.88. The molecule has 2 aromatic rings. The van der Waals surface area contributed by atoms with E-state index in [0.29, 0.717) is 18.4 Å². The summed E-state index contributed by atoms with van der Waals surface area (Å²) >= 11 is 0. The molecule has 1 heterocycles. The molecule has 0 bridgehead atoms. The van der Waals surface area contributed by atoms with Gasteiger partial charge in [0.2, 0.25) is 5.91 Å². The van der Waals surface area contributed by atoms with Crippen molar-refractivity contribution in [3.05, 3.63) is 42.5 Å². The molecule has 26 heavy (non-hydrogen) atoms. The fourth-order valence-electron chi connectivity index (χ4n) is 3.60. The van der Waals surface area contributed by atoms with Crippen LogP contribution in [0.5, 0.6) is 5.75 Å². The lowest BCUT2D eigenvalue weighted by atomic mass is 10.1. The summed E-state index contributed by atoms with van der Waals surface area (Å²) in [6.45, 7) is 4.04. The number of hydrogen-bond donors (Lipinski definition) is 1. The van der Waals surface area contributed by atoms with Gasteiger partial charge >= 0.3 is 0 Å². The maximum Gasteiger partial charge on any atom is 0.225 e. The Balaban J connectivity index is 1.25. The third-order valence-electron chi connectivity index (χ3n) is 5.26. The van der Waals surface area contributed by atoms with E-state index in [-0.39, 0.29) is 6.61 Å². The van der Waals surface area contributed by atoms with E-state index in [1.807, 2.05) is 35.2 Å². The van der Waals surface area contributed by atoms with Crippen molar-refractivity contribution in [3.8, 4) is 5.75 Å². The maximum absolute atomic E-state index is 12.1. The van der Waals surface area contributed by atoms with Crippen molar-refractivity contribution in [2.45, 2.75) is 18.9 Å². The number of β-amino-alcohol motifs (C(OH)–C–C–N with tert-alkyl or cyclic N) is 1. The average Bonchev–Trinajstić information content (AvgIpc) is 3.52. The number of rotatable bonds is 6. The van der Waals surface area contributed by atoms with Crippen LogP contribution in [0.15, 0.2) is 42.5 Å². The third-order valence-corrected chi connectivity index (χ3v) is 5.26. The lowest BCUT2D eigenvalue weighted by Crippen LogP contribution is -2.51. The van der Waals surface area contributed by atoms with E-state index in [0.717, 1.165) is 55.5 Å². The van der Waals surface area contributed by atoms with Gasteiger partial charge < -0.3 is 14.7 Å². The molecular formula is C21H26N2O3. The molecule has 1 aliphatic heterocycles. The minimum absolute atomic E-state index is 0.273. The summed E-state index contributed by atoms with van der Waals surface area (Å²) in [5, 5.41) is 12.6. The molecule has 5 heteroatoms. The molecule has 1 aliphatic carbocycles. The van der Waals surface area contributed by atoms with Gasteiger partial charge in [-0.2, -0.15) is 0 Å². The van der Waals surface area contributed by atoms with Gasteiger partial charge in [0.25, 0.3) is 0 Å². The molecule has 4 rings (SSSR count). The first-order valence-corrected chi connectivity index (χ1v) is 9.50. The van der Waals surface area contributed by atoms with Crippen molar-refractivity contribution in [3.63, 3.8) is 0 Å². The summed E-state index contributed by atoms with van der Waals surface area (Å²) < 4.78 is 5.88. The number of ether oxygens (including phenoxy) is 1. The number of amides is 1. The van der Waals surface area contributed by atoms with Crippen molar-refractivity contribution >= 4 is 16.7 Å². The normalized spacial score (nSPS) is 19.5. The zero-order valence-corrected chi connectivity index (χ0v) is 15.0. The summed E-state index contributed by atoms with van der Waals surface area (Å²) in [4.78, 5) is 16.3. The molecule has 0 spiro atoms. The van der Waals surface area contributed by atoms with E-state index in [2.05, 4.69) is 17.0 Å². The van der Waals surface area contributed by atoms with Crippen LogP contribution in [-0.2, 0) is 4.79 Å². The molecule has 2 fully saturated rings. The smallest absolute Gasteiger partial charge is 0.225 e. The maximum atomic E-state index is 12.1. The second-order valence-electron chi connectivity index (χ2n) is 7.34. The average molecular weight is 354 g/mol. The number of piperazine rings is 1. The molecule has 0 radical (unpaired) electrons. The number of hydrogen-bond acceptors (Lipinski definition) is 4. The summed E-state index contributed by atoms with van der Waals surface area (Å²) in [5.41, 5.74) is 0. The Morgan fingerprint density at radius 2 is 1.81 bits per heavy atom. The topological polar surface area (TPSA) is 53.0 Å². The molecule has 1 N–H and O–H groups in total. The van der Waals surface area contributed by atoms with Crippen LogP contribution >= 0.6 is 0 Å². The van der Waals surface area contributed by atoms with Crippen molar-refractivity contribution < 1.29 is 14.6 Å². The van der Waals surface area contributed by atoms with Gasteiger partial charge in [-0.15, -0.1) is 0 Å². The molecule has 1 saturated heterocycles. The van der Waals surface area contributed by atoms with Crippen LogP contribution in [-0.4, -0.2) is 66.2 Å². The number of carbonyl (C=O) groups is 1. The quantitative estimate of drug-likeness (QED) is 0.864. The first kappa shape index (κ1) is 17.3. The largest absolute Gasteiger partial charge is 0.490 e. The van der Waals surface area contributed by atoms with Gasteiger partial charge in [0.05, 0.1) is 0 Å². The number of nitrogens with zero attached hydrogens (tertiary/aromatic N) is 2. The first-order chi connectivity index (χ1) is 12.7. The van der Waals surface area contributed by atoms with Crippen LogP contribution < -0.4 is 4.74 Å². The molecule has 1 amide bonds. The van der Waals surface area contributed by atoms with Gasteiger partial charge in [-0.05, 0) is 24.3 Å². The van der Waals surface area contributed by atoms with Crippen molar-refractivity contribution in [1.82, 2.24) is 9.80 Å². The number of aliphatic hydroxyl groups is 1. The Morgan fingerprint density at radius 1 is 1.08 bits per heavy atom. The minimum Gasteiger partial charge on any atom is -0.490 e.